The molecule has 0 saturated carbocycles. The minimum Gasteiger partial charge on any atom is -0.308 e. The Bertz CT molecular complexity index is 221. The molecule has 1 rings (SSSR count). The predicted molar refractivity (Wildman–Crippen MR) is 62.6 cm³/mol. The molecule has 0 aliphatic rings. The van der Waals surface area contributed by atoms with E-state index in [9.17, 15) is 0 Å². The summed E-state index contributed by atoms with van der Waals surface area (Å²) in [6.07, 6.45) is 7.13. The first kappa shape index (κ1) is 11.7. The van der Waals surface area contributed by atoms with Gasteiger partial charge in [-0.15, -0.1) is 11.3 Å². The normalized spacial score (nSPS) is 13.0. The van der Waals surface area contributed by atoms with Gasteiger partial charge >= 0.3 is 0 Å². The van der Waals surface area contributed by atoms with Crippen LogP contribution in [-0.2, 0) is 6.54 Å². The molecule has 2 nitrogen and oxygen atoms in total. The molecule has 0 amide bonds. The Morgan fingerprint density at radius 2 is 2.36 bits per heavy atom. The third-order valence-corrected chi connectivity index (χ3v) is 3.11. The third kappa shape index (κ3) is 4.72. The number of nitrogens with zero attached hydrogens (tertiary/aromatic N) is 1. The zero-order valence-electron chi connectivity index (χ0n) is 9.12. The Balaban J connectivity index is 2.06. The molecule has 0 aliphatic heterocycles. The first-order valence-electron chi connectivity index (χ1n) is 5.44. The Morgan fingerprint density at radius 3 is 3.00 bits per heavy atom. The fraction of sp³-hybridized carbons (Fsp3) is 0.727. The number of rotatable bonds is 7. The van der Waals surface area contributed by atoms with Crippen LogP contribution in [0.1, 0.15) is 44.5 Å². The van der Waals surface area contributed by atoms with Gasteiger partial charge in [-0.2, -0.15) is 0 Å². The van der Waals surface area contributed by atoms with Crippen LogP contribution in [0, 0.1) is 0 Å². The summed E-state index contributed by atoms with van der Waals surface area (Å²) >= 11 is 1.72. The van der Waals surface area contributed by atoms with Crippen molar-refractivity contribution in [2.24, 2.45) is 0 Å². The quantitative estimate of drug-likeness (QED) is 0.702. The van der Waals surface area contributed by atoms with E-state index in [1.165, 1.54) is 30.7 Å². The highest BCUT2D eigenvalue weighted by molar-refractivity contribution is 7.09. The van der Waals surface area contributed by atoms with E-state index < -0.39 is 0 Å². The molecule has 1 unspecified atom stereocenters. The average Bonchev–Trinajstić information content (AvgIpc) is 2.68. The van der Waals surface area contributed by atoms with E-state index in [1.54, 1.807) is 11.3 Å². The zero-order valence-corrected chi connectivity index (χ0v) is 9.94. The highest BCUT2D eigenvalue weighted by Gasteiger charge is 2.01. The molecule has 0 radical (unpaired) electrons. The summed E-state index contributed by atoms with van der Waals surface area (Å²) in [6, 6.07) is 0.616. The van der Waals surface area contributed by atoms with Gasteiger partial charge in [0.2, 0.25) is 0 Å². The number of aromatic nitrogens is 1. The number of unbranched alkanes of at least 4 members (excludes halogenated alkanes) is 2. The Kier molecular flexibility index (Phi) is 5.80. The van der Waals surface area contributed by atoms with Crippen molar-refractivity contribution in [2.45, 2.75) is 52.1 Å². The van der Waals surface area contributed by atoms with E-state index in [2.05, 4.69) is 24.1 Å². The van der Waals surface area contributed by atoms with Crippen LogP contribution < -0.4 is 5.32 Å². The van der Waals surface area contributed by atoms with E-state index in [0.29, 0.717) is 6.04 Å². The molecule has 1 N–H and O–H groups in total. The van der Waals surface area contributed by atoms with Crippen molar-refractivity contribution < 1.29 is 0 Å². The van der Waals surface area contributed by atoms with Crippen molar-refractivity contribution in [2.75, 3.05) is 0 Å². The highest BCUT2D eigenvalue weighted by atomic mass is 32.1. The minimum atomic E-state index is 0.616. The Morgan fingerprint density at radius 1 is 1.50 bits per heavy atom. The highest BCUT2D eigenvalue weighted by Crippen LogP contribution is 2.06. The van der Waals surface area contributed by atoms with Gasteiger partial charge in [0.1, 0.15) is 5.01 Å². The van der Waals surface area contributed by atoms with Crippen molar-refractivity contribution in [1.82, 2.24) is 10.3 Å². The molecule has 80 valence electrons. The zero-order chi connectivity index (χ0) is 10.2. The van der Waals surface area contributed by atoms with Crippen molar-refractivity contribution in [3.8, 4) is 0 Å². The molecule has 0 bridgehead atoms. The van der Waals surface area contributed by atoms with Gasteiger partial charge in [-0.05, 0) is 13.3 Å². The van der Waals surface area contributed by atoms with Crippen LogP contribution in [0.5, 0.6) is 0 Å². The van der Waals surface area contributed by atoms with E-state index in [1.807, 2.05) is 11.6 Å². The molecule has 3 heteroatoms. The summed E-state index contributed by atoms with van der Waals surface area (Å²) in [7, 11) is 0. The van der Waals surface area contributed by atoms with Crippen molar-refractivity contribution in [3.63, 3.8) is 0 Å². The molecule has 1 atom stereocenters. The van der Waals surface area contributed by atoms with Gasteiger partial charge in [0.25, 0.3) is 0 Å². The smallest absolute Gasteiger partial charge is 0.106 e. The maximum Gasteiger partial charge on any atom is 0.106 e. The maximum atomic E-state index is 4.24. The second-order valence-corrected chi connectivity index (χ2v) is 4.68. The first-order valence-corrected chi connectivity index (χ1v) is 6.32. The average molecular weight is 212 g/mol. The maximum absolute atomic E-state index is 4.24. The molecule has 1 aromatic heterocycles. The second-order valence-electron chi connectivity index (χ2n) is 3.70. The molecule has 0 aliphatic carbocycles. The lowest BCUT2D eigenvalue weighted by atomic mass is 10.1. The van der Waals surface area contributed by atoms with Crippen molar-refractivity contribution in [3.05, 3.63) is 16.6 Å². The predicted octanol–water partition coefficient (Wildman–Crippen LogP) is 3.20. The molecule has 0 aromatic carbocycles. The minimum absolute atomic E-state index is 0.616. The van der Waals surface area contributed by atoms with Gasteiger partial charge in [0, 0.05) is 24.2 Å². The molecule has 1 aromatic rings. The van der Waals surface area contributed by atoms with Crippen LogP contribution in [0.25, 0.3) is 0 Å². The Labute approximate surface area is 90.8 Å². The van der Waals surface area contributed by atoms with Crippen LogP contribution >= 0.6 is 11.3 Å². The van der Waals surface area contributed by atoms with Gasteiger partial charge in [-0.25, -0.2) is 4.98 Å². The molecule has 1 heterocycles. The number of hydrogen-bond acceptors (Lipinski definition) is 3. The Hall–Kier alpha value is -0.410. The van der Waals surface area contributed by atoms with Gasteiger partial charge in [-0.1, -0.05) is 26.2 Å². The van der Waals surface area contributed by atoms with E-state index in [4.69, 9.17) is 0 Å². The summed E-state index contributed by atoms with van der Waals surface area (Å²) in [5.74, 6) is 0. The van der Waals surface area contributed by atoms with Crippen LogP contribution in [0.4, 0.5) is 0 Å². The summed E-state index contributed by atoms with van der Waals surface area (Å²) in [5.41, 5.74) is 0. The monoisotopic (exact) mass is 212 g/mol. The van der Waals surface area contributed by atoms with E-state index >= 15 is 0 Å². The largest absolute Gasteiger partial charge is 0.308 e. The fourth-order valence-corrected chi connectivity index (χ4v) is 1.97. The van der Waals surface area contributed by atoms with Gasteiger partial charge < -0.3 is 5.32 Å². The van der Waals surface area contributed by atoms with Crippen molar-refractivity contribution in [1.29, 1.82) is 0 Å². The SMILES string of the molecule is CCCCCC(C)NCc1nccs1. The van der Waals surface area contributed by atoms with Crippen LogP contribution in [0.3, 0.4) is 0 Å². The van der Waals surface area contributed by atoms with E-state index in [-0.39, 0.29) is 0 Å². The molecular weight excluding hydrogens is 192 g/mol. The van der Waals surface area contributed by atoms with Gasteiger partial charge in [-0.3, -0.25) is 0 Å². The molecular formula is C11H20N2S. The third-order valence-electron chi connectivity index (χ3n) is 2.33. The second kappa shape index (κ2) is 6.96. The van der Waals surface area contributed by atoms with Crippen LogP contribution in [0.15, 0.2) is 11.6 Å². The number of nitrogens with one attached hydrogen (secondary N) is 1. The lowest BCUT2D eigenvalue weighted by Gasteiger charge is -2.11. The van der Waals surface area contributed by atoms with Gasteiger partial charge in [0.15, 0.2) is 0 Å². The standard InChI is InChI=1S/C11H20N2S/c1-3-4-5-6-10(2)13-9-11-12-7-8-14-11/h7-8,10,13H,3-6,9H2,1-2H3. The summed E-state index contributed by atoms with van der Waals surface area (Å²) < 4.78 is 0. The lowest BCUT2D eigenvalue weighted by molar-refractivity contribution is 0.486. The molecule has 0 fully saturated rings. The number of thiazole rings is 1. The topological polar surface area (TPSA) is 24.9 Å². The molecule has 0 saturated heterocycles. The fourth-order valence-electron chi connectivity index (χ4n) is 1.40. The van der Waals surface area contributed by atoms with E-state index in [0.717, 1.165) is 6.54 Å². The summed E-state index contributed by atoms with van der Waals surface area (Å²) in [5, 5.41) is 6.71. The van der Waals surface area contributed by atoms with Crippen molar-refractivity contribution >= 4 is 11.3 Å². The lowest BCUT2D eigenvalue weighted by Crippen LogP contribution is -2.25. The van der Waals surface area contributed by atoms with Crippen LogP contribution in [0.2, 0.25) is 0 Å². The van der Waals surface area contributed by atoms with Crippen LogP contribution in [-0.4, -0.2) is 11.0 Å². The molecule has 14 heavy (non-hydrogen) atoms. The summed E-state index contributed by atoms with van der Waals surface area (Å²) in [4.78, 5) is 4.24. The van der Waals surface area contributed by atoms with Gasteiger partial charge in [0.05, 0.1) is 0 Å². The molecule has 0 spiro atoms. The first-order chi connectivity index (χ1) is 6.83. The summed E-state index contributed by atoms with van der Waals surface area (Å²) in [6.45, 7) is 5.42. The number of hydrogen-bond donors (Lipinski definition) is 1.